The first-order chi connectivity index (χ1) is 13.9. The number of carbonyl (C=O) groups is 2. The maximum atomic E-state index is 13.7. The summed E-state index contributed by atoms with van der Waals surface area (Å²) in [4.78, 5) is 28.5. The van der Waals surface area contributed by atoms with Gasteiger partial charge in [-0.05, 0) is 31.2 Å². The Morgan fingerprint density at radius 2 is 1.72 bits per heavy atom. The van der Waals surface area contributed by atoms with Crippen LogP contribution in [-0.2, 0) is 9.59 Å². The zero-order valence-corrected chi connectivity index (χ0v) is 17.0. The van der Waals surface area contributed by atoms with Crippen LogP contribution in [0, 0.1) is 18.6 Å². The lowest BCUT2D eigenvalue weighted by Gasteiger charge is -2.34. The first-order valence-electron chi connectivity index (χ1n) is 9.35. The van der Waals surface area contributed by atoms with E-state index in [0.29, 0.717) is 26.2 Å². The zero-order valence-electron chi connectivity index (χ0n) is 16.2. The molecule has 1 fully saturated rings. The summed E-state index contributed by atoms with van der Waals surface area (Å²) in [7, 11) is 0. The summed E-state index contributed by atoms with van der Waals surface area (Å²) in [6.45, 7) is 4.49. The number of anilines is 1. The molecule has 2 amide bonds. The largest absolute Gasteiger partial charge is 0.339 e. The van der Waals surface area contributed by atoms with E-state index in [1.807, 2.05) is 36.1 Å². The van der Waals surface area contributed by atoms with Crippen LogP contribution in [-0.4, -0.2) is 60.1 Å². The lowest BCUT2D eigenvalue weighted by Crippen LogP contribution is -2.50. The van der Waals surface area contributed by atoms with Crippen LogP contribution in [0.5, 0.6) is 0 Å². The first kappa shape index (κ1) is 21.3. The van der Waals surface area contributed by atoms with Gasteiger partial charge in [-0.3, -0.25) is 14.5 Å². The van der Waals surface area contributed by atoms with Crippen LogP contribution in [0.3, 0.4) is 0 Å². The van der Waals surface area contributed by atoms with Crippen LogP contribution in [0.1, 0.15) is 5.56 Å². The minimum absolute atomic E-state index is 0.0871. The van der Waals surface area contributed by atoms with Crippen LogP contribution in [0.4, 0.5) is 14.5 Å². The molecule has 3 rings (SSSR count). The number of hydrogen-bond donors (Lipinski definition) is 1. The van der Waals surface area contributed by atoms with Gasteiger partial charge < -0.3 is 10.2 Å². The summed E-state index contributed by atoms with van der Waals surface area (Å²) in [6.07, 6.45) is 0. The van der Waals surface area contributed by atoms with Gasteiger partial charge in [0.05, 0.1) is 12.3 Å². The molecule has 0 bridgehead atoms. The normalized spacial score (nSPS) is 14.7. The molecule has 8 heteroatoms. The maximum Gasteiger partial charge on any atom is 0.238 e. The van der Waals surface area contributed by atoms with E-state index in [1.54, 1.807) is 4.90 Å². The molecule has 0 saturated carbocycles. The fourth-order valence-electron chi connectivity index (χ4n) is 3.02. The van der Waals surface area contributed by atoms with Gasteiger partial charge in [0.2, 0.25) is 11.8 Å². The number of carbonyl (C=O) groups excluding carboxylic acids is 2. The van der Waals surface area contributed by atoms with Crippen LogP contribution in [0.15, 0.2) is 47.4 Å². The molecule has 5 nitrogen and oxygen atoms in total. The molecule has 0 spiro atoms. The fraction of sp³-hybridized carbons (Fsp3) is 0.333. The maximum absolute atomic E-state index is 13.7. The molecule has 1 saturated heterocycles. The van der Waals surface area contributed by atoms with Crippen molar-refractivity contribution < 1.29 is 18.4 Å². The molecule has 1 aliphatic rings. The van der Waals surface area contributed by atoms with Crippen LogP contribution >= 0.6 is 11.8 Å². The Kier molecular flexibility index (Phi) is 7.22. The van der Waals surface area contributed by atoms with E-state index in [4.69, 9.17) is 0 Å². The number of rotatable bonds is 6. The lowest BCUT2D eigenvalue weighted by molar-refractivity contribution is -0.130. The number of amides is 2. The third kappa shape index (κ3) is 6.27. The second kappa shape index (κ2) is 9.84. The Balaban J connectivity index is 1.40. The minimum atomic E-state index is -0.660. The number of piperazine rings is 1. The number of aryl methyl sites for hydroxylation is 1. The summed E-state index contributed by atoms with van der Waals surface area (Å²) in [6, 6.07) is 10.9. The van der Waals surface area contributed by atoms with Crippen LogP contribution in [0.2, 0.25) is 0 Å². The van der Waals surface area contributed by atoms with E-state index in [0.717, 1.165) is 29.1 Å². The molecule has 154 valence electrons. The minimum Gasteiger partial charge on any atom is -0.339 e. The molecule has 2 aromatic rings. The van der Waals surface area contributed by atoms with Gasteiger partial charge in [0.15, 0.2) is 0 Å². The molecular formula is C21H23F2N3O2S. The van der Waals surface area contributed by atoms with Crippen molar-refractivity contribution in [1.29, 1.82) is 0 Å². The standard InChI is InChI=1S/C21H23F2N3O2S/c1-15-2-5-17(6-3-15)24-20(27)13-25-8-10-26(11-9-25)21(28)14-29-19-7-4-16(22)12-18(19)23/h2-7,12H,8-11,13-14H2,1H3,(H,24,27). The average Bonchev–Trinajstić information content (AvgIpc) is 2.69. The second-order valence-corrected chi connectivity index (χ2v) is 7.95. The highest BCUT2D eigenvalue weighted by atomic mass is 32.2. The number of nitrogens with zero attached hydrogens (tertiary/aromatic N) is 2. The summed E-state index contributed by atoms with van der Waals surface area (Å²) >= 11 is 1.06. The van der Waals surface area contributed by atoms with Gasteiger partial charge in [0, 0.05) is 42.8 Å². The van der Waals surface area contributed by atoms with Gasteiger partial charge in [-0.2, -0.15) is 0 Å². The summed E-state index contributed by atoms with van der Waals surface area (Å²) in [5.41, 5.74) is 1.89. The molecule has 0 aliphatic carbocycles. The quantitative estimate of drug-likeness (QED) is 0.731. The van der Waals surface area contributed by atoms with Crippen LogP contribution in [0.25, 0.3) is 0 Å². The average molecular weight is 419 g/mol. The summed E-state index contributed by atoms with van der Waals surface area (Å²) < 4.78 is 26.6. The molecule has 2 aromatic carbocycles. The Morgan fingerprint density at radius 3 is 2.38 bits per heavy atom. The van der Waals surface area contributed by atoms with Crippen molar-refractivity contribution in [1.82, 2.24) is 9.80 Å². The number of halogens is 2. The number of hydrogen-bond acceptors (Lipinski definition) is 4. The second-order valence-electron chi connectivity index (χ2n) is 6.93. The van der Waals surface area contributed by atoms with E-state index >= 15 is 0 Å². The van der Waals surface area contributed by atoms with Crippen molar-refractivity contribution in [3.63, 3.8) is 0 Å². The molecule has 1 N–H and O–H groups in total. The van der Waals surface area contributed by atoms with E-state index in [9.17, 15) is 18.4 Å². The summed E-state index contributed by atoms with van der Waals surface area (Å²) in [5, 5.41) is 2.87. The van der Waals surface area contributed by atoms with Gasteiger partial charge in [-0.15, -0.1) is 11.8 Å². The SMILES string of the molecule is Cc1ccc(NC(=O)CN2CCN(C(=O)CSc3ccc(F)cc3F)CC2)cc1. The smallest absolute Gasteiger partial charge is 0.238 e. The summed E-state index contributed by atoms with van der Waals surface area (Å²) in [5.74, 6) is -1.39. The monoisotopic (exact) mass is 419 g/mol. The highest BCUT2D eigenvalue weighted by Gasteiger charge is 2.22. The lowest BCUT2D eigenvalue weighted by atomic mass is 10.2. The molecule has 29 heavy (non-hydrogen) atoms. The molecule has 1 aliphatic heterocycles. The van der Waals surface area contributed by atoms with Crippen molar-refractivity contribution in [3.8, 4) is 0 Å². The number of nitrogens with one attached hydrogen (secondary N) is 1. The Bertz CT molecular complexity index is 869. The third-order valence-electron chi connectivity index (χ3n) is 4.67. The molecule has 0 aromatic heterocycles. The van der Waals surface area contributed by atoms with Gasteiger partial charge in [0.25, 0.3) is 0 Å². The van der Waals surface area contributed by atoms with Crippen LogP contribution < -0.4 is 5.32 Å². The Labute approximate surface area is 173 Å². The predicted octanol–water partition coefficient (Wildman–Crippen LogP) is 3.15. The highest BCUT2D eigenvalue weighted by Crippen LogP contribution is 2.23. The molecule has 0 radical (unpaired) electrons. The third-order valence-corrected chi connectivity index (χ3v) is 5.71. The predicted molar refractivity (Wildman–Crippen MR) is 110 cm³/mol. The van der Waals surface area contributed by atoms with Crippen molar-refractivity contribution in [2.24, 2.45) is 0 Å². The van der Waals surface area contributed by atoms with Gasteiger partial charge in [0.1, 0.15) is 11.6 Å². The highest BCUT2D eigenvalue weighted by molar-refractivity contribution is 8.00. The Morgan fingerprint density at radius 1 is 1.03 bits per heavy atom. The zero-order chi connectivity index (χ0) is 20.8. The van der Waals surface area contributed by atoms with Gasteiger partial charge in [-0.25, -0.2) is 8.78 Å². The van der Waals surface area contributed by atoms with Gasteiger partial charge in [-0.1, -0.05) is 17.7 Å². The van der Waals surface area contributed by atoms with E-state index in [2.05, 4.69) is 5.32 Å². The first-order valence-corrected chi connectivity index (χ1v) is 10.3. The van der Waals surface area contributed by atoms with Crippen molar-refractivity contribution in [2.75, 3.05) is 43.8 Å². The number of thioether (sulfide) groups is 1. The Hall–Kier alpha value is -2.45. The van der Waals surface area contributed by atoms with Crippen molar-refractivity contribution in [2.45, 2.75) is 11.8 Å². The van der Waals surface area contributed by atoms with Crippen molar-refractivity contribution >= 4 is 29.3 Å². The van der Waals surface area contributed by atoms with E-state index in [-0.39, 0.29) is 29.0 Å². The molecular weight excluding hydrogens is 396 g/mol. The fourth-order valence-corrected chi connectivity index (χ4v) is 3.84. The topological polar surface area (TPSA) is 52.7 Å². The van der Waals surface area contributed by atoms with E-state index in [1.165, 1.54) is 12.1 Å². The van der Waals surface area contributed by atoms with E-state index < -0.39 is 11.6 Å². The molecule has 1 heterocycles. The molecule has 0 unspecified atom stereocenters. The van der Waals surface area contributed by atoms with Gasteiger partial charge >= 0.3 is 0 Å². The number of benzene rings is 2. The molecule has 0 atom stereocenters. The van der Waals surface area contributed by atoms with Crippen molar-refractivity contribution in [3.05, 3.63) is 59.7 Å².